The molecular weight excluding hydrogens is 178 g/mol. The molecule has 1 aliphatic heterocycles. The molecule has 0 unspecified atom stereocenters. The Bertz CT molecular complexity index is 215. The van der Waals surface area contributed by atoms with Crippen LogP contribution in [0.2, 0.25) is 0 Å². The van der Waals surface area contributed by atoms with Gasteiger partial charge in [-0.15, -0.1) is 0 Å². The second-order valence-electron chi connectivity index (χ2n) is 4.53. The lowest BCUT2D eigenvalue weighted by atomic mass is 10.0. The number of piperazine rings is 1. The summed E-state index contributed by atoms with van der Waals surface area (Å²) in [5.41, 5.74) is 0.0441. The number of amides is 2. The van der Waals surface area contributed by atoms with Crippen LogP contribution in [0.3, 0.4) is 0 Å². The fourth-order valence-corrected chi connectivity index (χ4v) is 1.68. The quantitative estimate of drug-likeness (QED) is 0.676. The first-order valence-electron chi connectivity index (χ1n) is 5.21. The van der Waals surface area contributed by atoms with E-state index in [4.69, 9.17) is 0 Å². The Morgan fingerprint density at radius 2 is 2.21 bits per heavy atom. The van der Waals surface area contributed by atoms with Crippen molar-refractivity contribution in [3.8, 4) is 0 Å². The Labute approximate surface area is 86.2 Å². The summed E-state index contributed by atoms with van der Waals surface area (Å²) in [6.45, 7) is 9.49. The molecule has 0 spiro atoms. The SMILES string of the molecule is CCN(C)C(=O)N1CCNC(C)(C)C1. The molecule has 0 aromatic rings. The minimum absolute atomic E-state index is 0.0441. The largest absolute Gasteiger partial charge is 0.328 e. The number of hydrogen-bond acceptors (Lipinski definition) is 2. The molecule has 1 heterocycles. The van der Waals surface area contributed by atoms with Crippen LogP contribution in [0.4, 0.5) is 4.79 Å². The molecule has 1 fully saturated rings. The zero-order valence-electron chi connectivity index (χ0n) is 9.63. The van der Waals surface area contributed by atoms with Gasteiger partial charge in [0.25, 0.3) is 0 Å². The second-order valence-corrected chi connectivity index (χ2v) is 4.53. The normalized spacial score (nSPS) is 20.7. The van der Waals surface area contributed by atoms with Crippen molar-refractivity contribution in [2.45, 2.75) is 26.3 Å². The molecule has 1 aliphatic rings. The zero-order valence-corrected chi connectivity index (χ0v) is 9.63. The molecule has 14 heavy (non-hydrogen) atoms. The van der Waals surface area contributed by atoms with Gasteiger partial charge in [-0.2, -0.15) is 0 Å². The number of nitrogens with one attached hydrogen (secondary N) is 1. The molecule has 1 saturated heterocycles. The summed E-state index contributed by atoms with van der Waals surface area (Å²) in [6, 6.07) is 0.141. The van der Waals surface area contributed by atoms with Crippen molar-refractivity contribution in [3.63, 3.8) is 0 Å². The van der Waals surface area contributed by atoms with E-state index in [1.165, 1.54) is 0 Å². The highest BCUT2D eigenvalue weighted by Crippen LogP contribution is 2.11. The molecule has 2 amide bonds. The van der Waals surface area contributed by atoms with E-state index in [1.54, 1.807) is 4.90 Å². The molecule has 1 rings (SSSR count). The summed E-state index contributed by atoms with van der Waals surface area (Å²) in [5, 5.41) is 3.39. The highest BCUT2D eigenvalue weighted by molar-refractivity contribution is 5.74. The van der Waals surface area contributed by atoms with Crippen LogP contribution < -0.4 is 5.32 Å². The first kappa shape index (κ1) is 11.3. The average Bonchev–Trinajstić information content (AvgIpc) is 2.14. The van der Waals surface area contributed by atoms with E-state index in [0.717, 1.165) is 26.2 Å². The van der Waals surface area contributed by atoms with Crippen LogP contribution in [0, 0.1) is 0 Å². The predicted octanol–water partition coefficient (Wildman–Crippen LogP) is 0.742. The molecule has 0 saturated carbocycles. The predicted molar refractivity (Wildman–Crippen MR) is 57.4 cm³/mol. The maximum atomic E-state index is 11.8. The van der Waals surface area contributed by atoms with E-state index >= 15 is 0 Å². The monoisotopic (exact) mass is 199 g/mol. The summed E-state index contributed by atoms with van der Waals surface area (Å²) in [4.78, 5) is 15.5. The molecule has 82 valence electrons. The van der Waals surface area contributed by atoms with Crippen LogP contribution in [0.1, 0.15) is 20.8 Å². The topological polar surface area (TPSA) is 35.6 Å². The maximum Gasteiger partial charge on any atom is 0.319 e. The Morgan fingerprint density at radius 3 is 2.71 bits per heavy atom. The van der Waals surface area contributed by atoms with Crippen LogP contribution >= 0.6 is 0 Å². The van der Waals surface area contributed by atoms with E-state index in [1.807, 2.05) is 18.9 Å². The van der Waals surface area contributed by atoms with E-state index in [2.05, 4.69) is 19.2 Å². The molecule has 0 atom stereocenters. The number of hydrogen-bond donors (Lipinski definition) is 1. The maximum absolute atomic E-state index is 11.8. The molecule has 4 nitrogen and oxygen atoms in total. The van der Waals surface area contributed by atoms with Crippen molar-refractivity contribution in [2.24, 2.45) is 0 Å². The summed E-state index contributed by atoms with van der Waals surface area (Å²) in [6.07, 6.45) is 0. The Hall–Kier alpha value is -0.770. The van der Waals surface area contributed by atoms with Crippen molar-refractivity contribution < 1.29 is 4.79 Å². The van der Waals surface area contributed by atoms with E-state index in [0.29, 0.717) is 0 Å². The number of carbonyl (C=O) groups excluding carboxylic acids is 1. The van der Waals surface area contributed by atoms with Gasteiger partial charge < -0.3 is 15.1 Å². The van der Waals surface area contributed by atoms with Gasteiger partial charge >= 0.3 is 6.03 Å². The third-order valence-electron chi connectivity index (χ3n) is 2.64. The van der Waals surface area contributed by atoms with Gasteiger partial charge in [-0.05, 0) is 20.8 Å². The number of rotatable bonds is 1. The van der Waals surface area contributed by atoms with Gasteiger partial charge in [0, 0.05) is 38.8 Å². The molecule has 0 bridgehead atoms. The van der Waals surface area contributed by atoms with Gasteiger partial charge in [0.15, 0.2) is 0 Å². The lowest BCUT2D eigenvalue weighted by molar-refractivity contribution is 0.129. The Balaban J connectivity index is 2.56. The van der Waals surface area contributed by atoms with E-state index < -0.39 is 0 Å². The Morgan fingerprint density at radius 1 is 1.57 bits per heavy atom. The summed E-state index contributed by atoms with van der Waals surface area (Å²) in [7, 11) is 1.84. The summed E-state index contributed by atoms with van der Waals surface area (Å²) in [5.74, 6) is 0. The second kappa shape index (κ2) is 4.17. The van der Waals surface area contributed by atoms with Gasteiger partial charge in [0.2, 0.25) is 0 Å². The smallest absolute Gasteiger partial charge is 0.319 e. The molecule has 0 aromatic carbocycles. The number of urea groups is 1. The van der Waals surface area contributed by atoms with Crippen LogP contribution in [0.15, 0.2) is 0 Å². The average molecular weight is 199 g/mol. The molecular formula is C10H21N3O. The van der Waals surface area contributed by atoms with Crippen molar-refractivity contribution in [1.29, 1.82) is 0 Å². The minimum Gasteiger partial charge on any atom is -0.328 e. The first-order valence-corrected chi connectivity index (χ1v) is 5.21. The van der Waals surface area contributed by atoms with Gasteiger partial charge in [-0.1, -0.05) is 0 Å². The molecule has 0 aromatic heterocycles. The van der Waals surface area contributed by atoms with Gasteiger partial charge in [-0.3, -0.25) is 0 Å². The lowest BCUT2D eigenvalue weighted by Gasteiger charge is -2.40. The van der Waals surface area contributed by atoms with Crippen LogP contribution in [0.25, 0.3) is 0 Å². The highest BCUT2D eigenvalue weighted by Gasteiger charge is 2.29. The van der Waals surface area contributed by atoms with Crippen molar-refractivity contribution >= 4 is 6.03 Å². The number of nitrogens with zero attached hydrogens (tertiary/aromatic N) is 2. The zero-order chi connectivity index (χ0) is 10.8. The van der Waals surface area contributed by atoms with Crippen LogP contribution in [-0.2, 0) is 0 Å². The van der Waals surface area contributed by atoms with Crippen LogP contribution in [-0.4, -0.2) is 54.6 Å². The molecule has 1 N–H and O–H groups in total. The third-order valence-corrected chi connectivity index (χ3v) is 2.64. The van der Waals surface area contributed by atoms with Gasteiger partial charge in [-0.25, -0.2) is 4.79 Å². The van der Waals surface area contributed by atoms with Crippen LogP contribution in [0.5, 0.6) is 0 Å². The molecule has 4 heteroatoms. The van der Waals surface area contributed by atoms with Crippen molar-refractivity contribution in [1.82, 2.24) is 15.1 Å². The van der Waals surface area contributed by atoms with Crippen molar-refractivity contribution in [2.75, 3.05) is 33.2 Å². The van der Waals surface area contributed by atoms with E-state index in [9.17, 15) is 4.79 Å². The van der Waals surface area contributed by atoms with Crippen molar-refractivity contribution in [3.05, 3.63) is 0 Å². The van der Waals surface area contributed by atoms with Gasteiger partial charge in [0.1, 0.15) is 0 Å². The fraction of sp³-hybridized carbons (Fsp3) is 0.900. The first-order chi connectivity index (χ1) is 6.46. The summed E-state index contributed by atoms with van der Waals surface area (Å²) >= 11 is 0. The Kier molecular flexibility index (Phi) is 3.37. The number of carbonyl (C=O) groups is 1. The minimum atomic E-state index is 0.0441. The third kappa shape index (κ3) is 2.61. The molecule has 0 radical (unpaired) electrons. The van der Waals surface area contributed by atoms with E-state index in [-0.39, 0.29) is 11.6 Å². The lowest BCUT2D eigenvalue weighted by Crippen LogP contribution is -2.60. The standard InChI is InChI=1S/C10H21N3O/c1-5-12(4)9(14)13-7-6-11-10(2,3)8-13/h11H,5-8H2,1-4H3. The fourth-order valence-electron chi connectivity index (χ4n) is 1.68. The summed E-state index contributed by atoms with van der Waals surface area (Å²) < 4.78 is 0. The molecule has 0 aliphatic carbocycles. The highest BCUT2D eigenvalue weighted by atomic mass is 16.2. The van der Waals surface area contributed by atoms with Gasteiger partial charge in [0.05, 0.1) is 0 Å².